The number of hydrogen-bond donors (Lipinski definition) is 4. The van der Waals surface area contributed by atoms with Gasteiger partial charge in [0.15, 0.2) is 0 Å². The highest BCUT2D eigenvalue weighted by atomic mass is 31.2. The number of alkyl carbamates (subject to hydrolysis) is 1. The summed E-state index contributed by atoms with van der Waals surface area (Å²) in [6.07, 6.45) is 0.0836. The molecule has 1 unspecified atom stereocenters. The van der Waals surface area contributed by atoms with Crippen LogP contribution in [0.5, 0.6) is 0 Å². The Morgan fingerprint density at radius 1 is 0.952 bits per heavy atom. The number of amides is 3. The molecule has 0 aromatic heterocycles. The number of unbranched alkanes of at least 4 members (excludes halogenated alkanes) is 1. The van der Waals surface area contributed by atoms with Crippen molar-refractivity contribution >= 4 is 25.5 Å². The average Bonchev–Trinajstić information content (AvgIpc) is 2.95. The number of aliphatic hydroxyl groups is 1. The zero-order valence-corrected chi connectivity index (χ0v) is 24.9. The first-order chi connectivity index (χ1) is 20.2. The van der Waals surface area contributed by atoms with Crippen molar-refractivity contribution in [1.82, 2.24) is 16.0 Å². The van der Waals surface area contributed by atoms with Crippen molar-refractivity contribution in [3.8, 4) is 0 Å². The SMILES string of the molecule is CCOP(=O)(CC(=O)NCCCCC(NC(=O)OCc1ccccc1)C(=O)N[C@H](CO)Cc1cccc(F)c1)OCC. The minimum Gasteiger partial charge on any atom is -0.445 e. The Labute approximate surface area is 246 Å². The summed E-state index contributed by atoms with van der Waals surface area (Å²) in [4.78, 5) is 37.9. The van der Waals surface area contributed by atoms with Gasteiger partial charge in [-0.1, -0.05) is 42.5 Å². The number of aliphatic hydroxyl groups excluding tert-OH is 1. The van der Waals surface area contributed by atoms with E-state index in [0.717, 1.165) is 5.56 Å². The second-order valence-electron chi connectivity index (χ2n) is 9.43. The normalized spacial score (nSPS) is 12.7. The van der Waals surface area contributed by atoms with Gasteiger partial charge in [-0.25, -0.2) is 9.18 Å². The van der Waals surface area contributed by atoms with Gasteiger partial charge in [0.2, 0.25) is 11.8 Å². The van der Waals surface area contributed by atoms with E-state index in [1.807, 2.05) is 18.2 Å². The predicted octanol–water partition coefficient (Wildman–Crippen LogP) is 3.69. The number of benzene rings is 2. The fourth-order valence-corrected chi connectivity index (χ4v) is 5.55. The van der Waals surface area contributed by atoms with Crippen LogP contribution < -0.4 is 16.0 Å². The largest absolute Gasteiger partial charge is 0.445 e. The van der Waals surface area contributed by atoms with Crippen LogP contribution in [0.1, 0.15) is 44.2 Å². The molecule has 0 aliphatic heterocycles. The molecule has 0 fully saturated rings. The molecular weight excluding hydrogens is 568 g/mol. The summed E-state index contributed by atoms with van der Waals surface area (Å²) in [7, 11) is -3.52. The van der Waals surface area contributed by atoms with Crippen LogP contribution in [-0.2, 0) is 41.0 Å². The predicted molar refractivity (Wildman–Crippen MR) is 155 cm³/mol. The van der Waals surface area contributed by atoms with Crippen molar-refractivity contribution in [2.75, 3.05) is 32.5 Å². The monoisotopic (exact) mass is 609 g/mol. The van der Waals surface area contributed by atoms with E-state index in [9.17, 15) is 28.4 Å². The number of halogens is 1. The number of hydrogen-bond acceptors (Lipinski definition) is 8. The topological polar surface area (TPSA) is 152 Å². The van der Waals surface area contributed by atoms with Crippen molar-refractivity contribution in [3.05, 3.63) is 71.5 Å². The van der Waals surface area contributed by atoms with Gasteiger partial charge >= 0.3 is 13.7 Å². The van der Waals surface area contributed by atoms with Gasteiger partial charge in [-0.3, -0.25) is 14.2 Å². The molecule has 2 atom stereocenters. The Bertz CT molecular complexity index is 1160. The first-order valence-electron chi connectivity index (χ1n) is 14.0. The number of nitrogens with one attached hydrogen (secondary N) is 3. The van der Waals surface area contributed by atoms with Crippen LogP contribution in [0.3, 0.4) is 0 Å². The zero-order valence-electron chi connectivity index (χ0n) is 24.1. The van der Waals surface area contributed by atoms with E-state index in [0.29, 0.717) is 18.4 Å². The molecule has 2 aromatic rings. The molecule has 11 nitrogen and oxygen atoms in total. The molecule has 232 valence electrons. The molecular formula is C29H41FN3O8P. The first kappa shape index (κ1) is 34.9. The molecule has 2 aromatic carbocycles. The molecule has 0 spiro atoms. The lowest BCUT2D eigenvalue weighted by Crippen LogP contribution is -2.51. The Kier molecular flexibility index (Phi) is 15.8. The van der Waals surface area contributed by atoms with Crippen LogP contribution in [0.25, 0.3) is 0 Å². The van der Waals surface area contributed by atoms with Gasteiger partial charge in [0.1, 0.15) is 24.6 Å². The maximum atomic E-state index is 13.6. The maximum absolute atomic E-state index is 13.6. The first-order valence-corrected chi connectivity index (χ1v) is 15.7. The van der Waals surface area contributed by atoms with Crippen LogP contribution >= 0.6 is 7.60 Å². The molecule has 0 saturated heterocycles. The molecule has 4 N–H and O–H groups in total. The lowest BCUT2D eigenvalue weighted by Gasteiger charge is -2.22. The third kappa shape index (κ3) is 13.6. The van der Waals surface area contributed by atoms with Crippen molar-refractivity contribution in [1.29, 1.82) is 0 Å². The minimum absolute atomic E-state index is 0.0131. The standard InChI is InChI=1S/C29H41FN3O8P/c1-3-40-42(38,41-4-2)21-27(35)31-16-9-8-15-26(33-29(37)39-20-22-11-6-5-7-12-22)28(36)32-25(19-34)18-23-13-10-14-24(30)17-23/h5-7,10-14,17,25-26,34H,3-4,8-9,15-16,18-21H2,1-2H3,(H,31,35)(H,32,36)(H,33,37)/t25-,26?/m0/s1. The highest BCUT2D eigenvalue weighted by Gasteiger charge is 2.27. The molecule has 13 heteroatoms. The molecule has 0 aliphatic carbocycles. The van der Waals surface area contributed by atoms with Crippen LogP contribution in [0.15, 0.2) is 54.6 Å². The summed E-state index contributed by atoms with van der Waals surface area (Å²) < 4.78 is 41.7. The average molecular weight is 610 g/mol. The number of rotatable bonds is 19. The Balaban J connectivity index is 1.93. The van der Waals surface area contributed by atoms with E-state index in [1.54, 1.807) is 38.1 Å². The van der Waals surface area contributed by atoms with Crippen LogP contribution in [-0.4, -0.2) is 67.6 Å². The molecule has 0 radical (unpaired) electrons. The summed E-state index contributed by atoms with van der Waals surface area (Å²) in [6, 6.07) is 13.2. The number of carbonyl (C=O) groups is 3. The van der Waals surface area contributed by atoms with Crippen molar-refractivity contribution in [3.63, 3.8) is 0 Å². The number of carbonyl (C=O) groups excluding carboxylic acids is 3. The molecule has 2 rings (SSSR count). The highest BCUT2D eigenvalue weighted by molar-refractivity contribution is 7.54. The lowest BCUT2D eigenvalue weighted by atomic mass is 10.0. The van der Waals surface area contributed by atoms with Crippen molar-refractivity contribution < 1.29 is 42.2 Å². The van der Waals surface area contributed by atoms with E-state index < -0.39 is 56.2 Å². The second-order valence-corrected chi connectivity index (χ2v) is 11.5. The summed E-state index contributed by atoms with van der Waals surface area (Å²) >= 11 is 0. The molecule has 0 aliphatic rings. The van der Waals surface area contributed by atoms with Gasteiger partial charge in [-0.15, -0.1) is 0 Å². The molecule has 42 heavy (non-hydrogen) atoms. The van der Waals surface area contributed by atoms with E-state index in [-0.39, 0.29) is 39.2 Å². The van der Waals surface area contributed by atoms with E-state index in [4.69, 9.17) is 13.8 Å². The van der Waals surface area contributed by atoms with Gasteiger partial charge < -0.3 is 34.8 Å². The molecule has 0 bridgehead atoms. The van der Waals surface area contributed by atoms with Crippen molar-refractivity contribution in [2.24, 2.45) is 0 Å². The Morgan fingerprint density at radius 3 is 2.29 bits per heavy atom. The minimum atomic E-state index is -3.52. The van der Waals surface area contributed by atoms with E-state index >= 15 is 0 Å². The van der Waals surface area contributed by atoms with E-state index in [1.165, 1.54) is 12.1 Å². The smallest absolute Gasteiger partial charge is 0.408 e. The number of ether oxygens (including phenoxy) is 1. The molecule has 3 amide bonds. The fraction of sp³-hybridized carbons (Fsp3) is 0.483. The Morgan fingerprint density at radius 2 is 1.64 bits per heavy atom. The van der Waals surface area contributed by atoms with Crippen LogP contribution in [0.4, 0.5) is 9.18 Å². The molecule has 0 heterocycles. The van der Waals surface area contributed by atoms with Gasteiger partial charge in [0, 0.05) is 6.54 Å². The van der Waals surface area contributed by atoms with E-state index in [2.05, 4.69) is 16.0 Å². The summed E-state index contributed by atoms with van der Waals surface area (Å²) in [5.41, 5.74) is 1.37. The third-order valence-corrected chi connectivity index (χ3v) is 7.97. The fourth-order valence-electron chi connectivity index (χ4n) is 4.04. The highest BCUT2D eigenvalue weighted by Crippen LogP contribution is 2.47. The Hall–Kier alpha value is -3.31. The quantitative estimate of drug-likeness (QED) is 0.139. The third-order valence-electron chi connectivity index (χ3n) is 5.99. The second kappa shape index (κ2) is 19.0. The van der Waals surface area contributed by atoms with Gasteiger partial charge in [0.05, 0.1) is 25.9 Å². The lowest BCUT2D eigenvalue weighted by molar-refractivity contribution is -0.124. The zero-order chi connectivity index (χ0) is 30.8. The summed E-state index contributed by atoms with van der Waals surface area (Å²) in [5, 5.41) is 17.8. The van der Waals surface area contributed by atoms with Crippen LogP contribution in [0.2, 0.25) is 0 Å². The van der Waals surface area contributed by atoms with Crippen molar-refractivity contribution in [2.45, 2.75) is 58.2 Å². The van der Waals surface area contributed by atoms with Gasteiger partial charge in [-0.2, -0.15) is 0 Å². The van der Waals surface area contributed by atoms with Crippen LogP contribution in [0, 0.1) is 5.82 Å². The van der Waals surface area contributed by atoms with Gasteiger partial charge in [0.25, 0.3) is 0 Å². The van der Waals surface area contributed by atoms with Gasteiger partial charge in [-0.05, 0) is 62.8 Å². The molecule has 0 saturated carbocycles. The summed E-state index contributed by atoms with van der Waals surface area (Å²) in [6.45, 7) is 3.47. The maximum Gasteiger partial charge on any atom is 0.408 e. The summed E-state index contributed by atoms with van der Waals surface area (Å²) in [5.74, 6) is -1.46.